The first kappa shape index (κ1) is 29.3. The summed E-state index contributed by atoms with van der Waals surface area (Å²) in [5.74, 6) is -0.706. The Morgan fingerprint density at radius 1 is 0.625 bits per heavy atom. The van der Waals surface area contributed by atoms with Crippen molar-refractivity contribution in [2.75, 3.05) is 52.5 Å². The number of nitrogens with zero attached hydrogens (tertiary/aromatic N) is 6. The number of hydrogen-bond donors (Lipinski definition) is 0. The molecule has 0 aromatic carbocycles. The number of hydrogen-bond acceptors (Lipinski definition) is 10. The summed E-state index contributed by atoms with van der Waals surface area (Å²) in [7, 11) is 0. The fourth-order valence-electron chi connectivity index (χ4n) is 4.54. The summed E-state index contributed by atoms with van der Waals surface area (Å²) >= 11 is 0. The van der Waals surface area contributed by atoms with E-state index in [9.17, 15) is 9.59 Å². The highest BCUT2D eigenvalue weighted by Crippen LogP contribution is 2.12. The van der Waals surface area contributed by atoms with Gasteiger partial charge in [-0.05, 0) is 50.2 Å². The number of rotatable bonds is 10. The summed E-state index contributed by atoms with van der Waals surface area (Å²) in [4.78, 5) is 44.8. The third kappa shape index (κ3) is 8.90. The smallest absolute Gasteiger partial charge is 0.339 e. The van der Waals surface area contributed by atoms with E-state index in [1.165, 1.54) is 0 Å². The molecule has 1 saturated heterocycles. The van der Waals surface area contributed by atoms with E-state index >= 15 is 0 Å². The molecule has 10 heteroatoms. The van der Waals surface area contributed by atoms with Crippen molar-refractivity contribution < 1.29 is 19.1 Å². The highest BCUT2D eigenvalue weighted by molar-refractivity contribution is 5.89. The number of carbonyl (C=O) groups is 2. The highest BCUT2D eigenvalue weighted by atomic mass is 16.5. The second-order valence-electron chi connectivity index (χ2n) is 9.67. The van der Waals surface area contributed by atoms with Crippen LogP contribution in [0.1, 0.15) is 51.6 Å². The molecule has 212 valence electrons. The number of pyridine rings is 3. The van der Waals surface area contributed by atoms with Gasteiger partial charge in [0.15, 0.2) is 0 Å². The maximum absolute atomic E-state index is 12.0. The van der Waals surface area contributed by atoms with E-state index in [1.54, 1.807) is 38.4 Å². The van der Waals surface area contributed by atoms with Gasteiger partial charge < -0.3 is 9.47 Å². The van der Waals surface area contributed by atoms with Gasteiger partial charge in [0.05, 0.1) is 41.4 Å². The van der Waals surface area contributed by atoms with Crippen LogP contribution < -0.4 is 0 Å². The molecule has 0 unspecified atom stereocenters. The van der Waals surface area contributed by atoms with Crippen LogP contribution in [0.4, 0.5) is 0 Å². The first-order valence-corrected chi connectivity index (χ1v) is 13.8. The normalized spacial score (nSPS) is 15.6. The maximum atomic E-state index is 12.0. The quantitative estimate of drug-likeness (QED) is 0.353. The number of esters is 2. The minimum atomic E-state index is -0.353. The molecule has 4 heterocycles. The van der Waals surface area contributed by atoms with Crippen LogP contribution in [0.3, 0.4) is 0 Å². The Balaban J connectivity index is 1.44. The number of carbonyl (C=O) groups excluding carboxylic acids is 2. The lowest BCUT2D eigenvalue weighted by atomic mass is 10.2. The molecule has 0 aliphatic carbocycles. The van der Waals surface area contributed by atoms with E-state index in [-0.39, 0.29) is 11.9 Å². The molecule has 0 radical (unpaired) electrons. The second-order valence-corrected chi connectivity index (χ2v) is 9.67. The molecule has 3 aromatic heterocycles. The van der Waals surface area contributed by atoms with Gasteiger partial charge in [-0.15, -0.1) is 0 Å². The lowest BCUT2D eigenvalue weighted by molar-refractivity contribution is 0.0516. The molecule has 0 saturated carbocycles. The van der Waals surface area contributed by atoms with Gasteiger partial charge in [0, 0.05) is 77.5 Å². The van der Waals surface area contributed by atoms with Gasteiger partial charge >= 0.3 is 11.9 Å². The van der Waals surface area contributed by atoms with E-state index in [4.69, 9.17) is 9.47 Å². The minimum absolute atomic E-state index is 0.338. The van der Waals surface area contributed by atoms with Gasteiger partial charge in [0.25, 0.3) is 0 Å². The molecule has 1 fully saturated rings. The maximum Gasteiger partial charge on any atom is 0.339 e. The van der Waals surface area contributed by atoms with Crippen LogP contribution in [0.25, 0.3) is 0 Å². The van der Waals surface area contributed by atoms with Crippen molar-refractivity contribution >= 4 is 11.9 Å². The SMILES string of the molecule is CCOC(=O)c1ccc(CN2CCN(Cc3ccccn3)CCN(Cc3ccc(C(=O)OCC)cn3)CC2)nc1. The Morgan fingerprint density at radius 3 is 1.38 bits per heavy atom. The molecule has 3 aromatic rings. The first-order valence-electron chi connectivity index (χ1n) is 13.8. The highest BCUT2D eigenvalue weighted by Gasteiger charge is 2.19. The third-order valence-corrected chi connectivity index (χ3v) is 6.75. The summed E-state index contributed by atoms with van der Waals surface area (Å²) in [6.45, 7) is 11.7. The standard InChI is InChI=1S/C30H38N6O4/c1-3-39-29(37)24-8-10-27(32-19-24)22-35-15-13-34(21-26-7-5-6-12-31-26)14-16-36(18-17-35)23-28-11-9-25(20-33-28)30(38)40-4-2/h5-12,19-20H,3-4,13-18,21-23H2,1-2H3. The van der Waals surface area contributed by atoms with Gasteiger partial charge in [-0.25, -0.2) is 9.59 Å². The van der Waals surface area contributed by atoms with Crippen molar-refractivity contribution in [2.24, 2.45) is 0 Å². The zero-order chi connectivity index (χ0) is 28.2. The van der Waals surface area contributed by atoms with Gasteiger partial charge in [-0.1, -0.05) is 6.07 Å². The van der Waals surface area contributed by atoms with E-state index in [0.717, 1.165) is 62.9 Å². The molecule has 0 atom stereocenters. The van der Waals surface area contributed by atoms with Crippen LogP contribution in [0.5, 0.6) is 0 Å². The molecular weight excluding hydrogens is 508 g/mol. The number of ether oxygens (including phenoxy) is 2. The molecule has 0 N–H and O–H groups in total. The Hall–Kier alpha value is -3.73. The first-order chi connectivity index (χ1) is 19.5. The predicted octanol–water partition coefficient (Wildman–Crippen LogP) is 3.05. The Bertz CT molecular complexity index is 1130. The summed E-state index contributed by atoms with van der Waals surface area (Å²) in [6.07, 6.45) is 5.02. The van der Waals surface area contributed by atoms with E-state index in [2.05, 4.69) is 35.7 Å². The minimum Gasteiger partial charge on any atom is -0.462 e. The lowest BCUT2D eigenvalue weighted by Crippen LogP contribution is -2.35. The molecule has 0 amide bonds. The van der Waals surface area contributed by atoms with E-state index in [0.29, 0.717) is 37.4 Å². The van der Waals surface area contributed by atoms with Gasteiger partial charge in [-0.2, -0.15) is 0 Å². The van der Waals surface area contributed by atoms with Crippen LogP contribution in [0, 0.1) is 0 Å². The van der Waals surface area contributed by atoms with Crippen LogP contribution >= 0.6 is 0 Å². The summed E-state index contributed by atoms with van der Waals surface area (Å²) in [5, 5.41) is 0. The summed E-state index contributed by atoms with van der Waals surface area (Å²) in [5.41, 5.74) is 3.79. The molecule has 4 rings (SSSR count). The Morgan fingerprint density at radius 2 is 1.05 bits per heavy atom. The number of aromatic nitrogens is 3. The van der Waals surface area contributed by atoms with Crippen LogP contribution in [0.15, 0.2) is 61.1 Å². The molecule has 0 bridgehead atoms. The van der Waals surface area contributed by atoms with Crippen molar-refractivity contribution in [3.63, 3.8) is 0 Å². The average molecular weight is 547 g/mol. The van der Waals surface area contributed by atoms with Crippen molar-refractivity contribution in [1.82, 2.24) is 29.7 Å². The van der Waals surface area contributed by atoms with Crippen LogP contribution in [-0.4, -0.2) is 94.1 Å². The van der Waals surface area contributed by atoms with Gasteiger partial charge in [-0.3, -0.25) is 29.7 Å². The summed E-state index contributed by atoms with van der Waals surface area (Å²) in [6, 6.07) is 13.4. The van der Waals surface area contributed by atoms with Gasteiger partial charge in [0.2, 0.25) is 0 Å². The Labute approximate surface area is 236 Å². The van der Waals surface area contributed by atoms with Crippen LogP contribution in [0.2, 0.25) is 0 Å². The lowest BCUT2D eigenvalue weighted by Gasteiger charge is -2.25. The third-order valence-electron chi connectivity index (χ3n) is 6.75. The fraction of sp³-hybridized carbons (Fsp3) is 0.433. The average Bonchev–Trinajstić information content (AvgIpc) is 3.06. The van der Waals surface area contributed by atoms with Crippen molar-refractivity contribution in [3.8, 4) is 0 Å². The van der Waals surface area contributed by atoms with Crippen molar-refractivity contribution in [3.05, 3.63) is 89.3 Å². The summed E-state index contributed by atoms with van der Waals surface area (Å²) < 4.78 is 10.2. The fourth-order valence-corrected chi connectivity index (χ4v) is 4.54. The largest absolute Gasteiger partial charge is 0.462 e. The molecule has 40 heavy (non-hydrogen) atoms. The monoisotopic (exact) mass is 546 g/mol. The molecular formula is C30H38N6O4. The molecule has 10 nitrogen and oxygen atoms in total. The Kier molecular flexibility index (Phi) is 11.1. The van der Waals surface area contributed by atoms with E-state index < -0.39 is 0 Å². The van der Waals surface area contributed by atoms with Crippen LogP contribution in [-0.2, 0) is 29.1 Å². The zero-order valence-electron chi connectivity index (χ0n) is 23.4. The van der Waals surface area contributed by atoms with E-state index in [1.807, 2.05) is 30.5 Å². The zero-order valence-corrected chi connectivity index (χ0v) is 23.4. The topological polar surface area (TPSA) is 101 Å². The molecule has 0 spiro atoms. The molecule has 1 aliphatic heterocycles. The van der Waals surface area contributed by atoms with Crippen molar-refractivity contribution in [1.29, 1.82) is 0 Å². The van der Waals surface area contributed by atoms with Gasteiger partial charge in [0.1, 0.15) is 0 Å². The molecule has 1 aliphatic rings. The van der Waals surface area contributed by atoms with Crippen molar-refractivity contribution in [2.45, 2.75) is 33.5 Å². The predicted molar refractivity (Wildman–Crippen MR) is 150 cm³/mol. The second kappa shape index (κ2) is 15.2.